The second kappa shape index (κ2) is 8.13. The standard InChI is InChI=1S/C22H20N2O4S/c1-14-3-5-17(15(2)11-14)18(25)13-29-21-22(26)24(8-7-23-21)16-4-6-19-20(12-16)28-10-9-27-19/h3-8,11-12H,9-10,13H2,1-2H3. The fourth-order valence-corrected chi connectivity index (χ4v) is 4.00. The molecule has 148 valence electrons. The van der Waals surface area contributed by atoms with E-state index in [1.807, 2.05) is 32.0 Å². The smallest absolute Gasteiger partial charge is 0.287 e. The average molecular weight is 408 g/mol. The average Bonchev–Trinajstić information content (AvgIpc) is 2.72. The zero-order chi connectivity index (χ0) is 20.4. The van der Waals surface area contributed by atoms with E-state index in [1.54, 1.807) is 30.6 Å². The van der Waals surface area contributed by atoms with Crippen molar-refractivity contribution in [3.05, 3.63) is 75.8 Å². The van der Waals surface area contributed by atoms with Gasteiger partial charge in [-0.1, -0.05) is 35.5 Å². The number of hydrogen-bond acceptors (Lipinski definition) is 6. The van der Waals surface area contributed by atoms with Crippen LogP contribution in [0.2, 0.25) is 0 Å². The molecule has 2 heterocycles. The Kier molecular flexibility index (Phi) is 5.40. The lowest BCUT2D eigenvalue weighted by atomic mass is 10.0. The predicted molar refractivity (Wildman–Crippen MR) is 112 cm³/mol. The van der Waals surface area contributed by atoms with Gasteiger partial charge in [-0.15, -0.1) is 0 Å². The molecule has 0 bridgehead atoms. The fraction of sp³-hybridized carbons (Fsp3) is 0.227. The fourth-order valence-electron chi connectivity index (χ4n) is 3.22. The summed E-state index contributed by atoms with van der Waals surface area (Å²) in [5, 5.41) is 0.278. The molecule has 0 saturated heterocycles. The summed E-state index contributed by atoms with van der Waals surface area (Å²) in [7, 11) is 0. The van der Waals surface area contributed by atoms with Gasteiger partial charge < -0.3 is 9.47 Å². The molecule has 0 N–H and O–H groups in total. The Morgan fingerprint density at radius 3 is 2.69 bits per heavy atom. The van der Waals surface area contributed by atoms with E-state index in [1.165, 1.54) is 4.57 Å². The van der Waals surface area contributed by atoms with E-state index < -0.39 is 0 Å². The number of fused-ring (bicyclic) bond motifs is 1. The van der Waals surface area contributed by atoms with Crippen molar-refractivity contribution >= 4 is 17.5 Å². The van der Waals surface area contributed by atoms with Crippen molar-refractivity contribution in [1.29, 1.82) is 0 Å². The van der Waals surface area contributed by atoms with Crippen LogP contribution in [0, 0.1) is 13.8 Å². The molecule has 4 rings (SSSR count). The van der Waals surface area contributed by atoms with Gasteiger partial charge in [0.05, 0.1) is 11.4 Å². The third-order valence-electron chi connectivity index (χ3n) is 4.64. The number of nitrogens with zero attached hydrogens (tertiary/aromatic N) is 2. The van der Waals surface area contributed by atoms with Crippen LogP contribution in [0.1, 0.15) is 21.5 Å². The molecule has 0 fully saturated rings. The Bertz CT molecular complexity index is 1140. The van der Waals surface area contributed by atoms with Crippen molar-refractivity contribution in [3.8, 4) is 17.2 Å². The Balaban J connectivity index is 1.55. The van der Waals surface area contributed by atoms with Gasteiger partial charge in [0.25, 0.3) is 5.56 Å². The summed E-state index contributed by atoms with van der Waals surface area (Å²) >= 11 is 1.15. The van der Waals surface area contributed by atoms with Crippen molar-refractivity contribution in [1.82, 2.24) is 9.55 Å². The second-order valence-electron chi connectivity index (χ2n) is 6.77. The first-order valence-electron chi connectivity index (χ1n) is 9.24. The van der Waals surface area contributed by atoms with Gasteiger partial charge in [0, 0.05) is 24.0 Å². The normalized spacial score (nSPS) is 12.6. The van der Waals surface area contributed by atoms with Crippen LogP contribution < -0.4 is 15.0 Å². The highest BCUT2D eigenvalue weighted by molar-refractivity contribution is 7.99. The lowest BCUT2D eigenvalue weighted by Gasteiger charge is -2.19. The number of aromatic nitrogens is 2. The van der Waals surface area contributed by atoms with Crippen LogP contribution in [0.15, 0.2) is 58.6 Å². The molecule has 0 saturated carbocycles. The number of ketones is 1. The van der Waals surface area contributed by atoms with Gasteiger partial charge in [-0.3, -0.25) is 14.2 Å². The predicted octanol–water partition coefficient (Wildman–Crippen LogP) is 3.60. The number of carbonyl (C=O) groups is 1. The molecule has 0 aliphatic carbocycles. The first kappa shape index (κ1) is 19.3. The molecular weight excluding hydrogens is 388 g/mol. The quantitative estimate of drug-likeness (QED) is 0.475. The van der Waals surface area contributed by atoms with E-state index in [-0.39, 0.29) is 22.1 Å². The van der Waals surface area contributed by atoms with Crippen LogP contribution in [-0.4, -0.2) is 34.3 Å². The van der Waals surface area contributed by atoms with Gasteiger partial charge in [-0.05, 0) is 31.5 Å². The van der Waals surface area contributed by atoms with Gasteiger partial charge >= 0.3 is 0 Å². The SMILES string of the molecule is Cc1ccc(C(=O)CSc2nccn(-c3ccc4c(c3)OCCO4)c2=O)c(C)c1. The lowest BCUT2D eigenvalue weighted by Crippen LogP contribution is -2.22. The molecule has 3 aromatic rings. The summed E-state index contributed by atoms with van der Waals surface area (Å²) in [5.74, 6) is 1.40. The number of Topliss-reactive ketones (excluding diaryl/α,β-unsaturated/α-hetero) is 1. The highest BCUT2D eigenvalue weighted by Gasteiger charge is 2.16. The summed E-state index contributed by atoms with van der Waals surface area (Å²) in [6.07, 6.45) is 3.16. The highest BCUT2D eigenvalue weighted by atomic mass is 32.2. The Labute approximate surface area is 172 Å². The summed E-state index contributed by atoms with van der Waals surface area (Å²) in [4.78, 5) is 29.7. The van der Waals surface area contributed by atoms with Crippen LogP contribution in [0.3, 0.4) is 0 Å². The van der Waals surface area contributed by atoms with E-state index in [0.29, 0.717) is 36.0 Å². The summed E-state index contributed by atoms with van der Waals surface area (Å²) in [6, 6.07) is 11.1. The van der Waals surface area contributed by atoms with Crippen LogP contribution in [0.4, 0.5) is 0 Å². The van der Waals surface area contributed by atoms with Crippen molar-refractivity contribution in [2.45, 2.75) is 18.9 Å². The van der Waals surface area contributed by atoms with E-state index in [2.05, 4.69) is 4.98 Å². The zero-order valence-electron chi connectivity index (χ0n) is 16.2. The third-order valence-corrected chi connectivity index (χ3v) is 5.60. The Morgan fingerprint density at radius 1 is 1.10 bits per heavy atom. The minimum Gasteiger partial charge on any atom is -0.486 e. The maximum Gasteiger partial charge on any atom is 0.287 e. The largest absolute Gasteiger partial charge is 0.486 e. The van der Waals surface area contributed by atoms with Crippen LogP contribution in [-0.2, 0) is 0 Å². The number of benzene rings is 2. The topological polar surface area (TPSA) is 70.4 Å². The van der Waals surface area contributed by atoms with E-state index in [9.17, 15) is 9.59 Å². The van der Waals surface area contributed by atoms with Gasteiger partial charge in [-0.2, -0.15) is 0 Å². The molecular formula is C22H20N2O4S. The number of carbonyl (C=O) groups excluding carboxylic acids is 1. The zero-order valence-corrected chi connectivity index (χ0v) is 17.0. The number of aryl methyl sites for hydroxylation is 2. The molecule has 1 aliphatic rings. The Morgan fingerprint density at radius 2 is 1.90 bits per heavy atom. The van der Waals surface area contributed by atoms with E-state index in [0.717, 1.165) is 22.9 Å². The minimum atomic E-state index is -0.275. The van der Waals surface area contributed by atoms with Gasteiger partial charge in [0.1, 0.15) is 13.2 Å². The molecule has 2 aromatic carbocycles. The third kappa shape index (κ3) is 4.05. The van der Waals surface area contributed by atoms with Crippen LogP contribution in [0.5, 0.6) is 11.5 Å². The number of thioether (sulfide) groups is 1. The monoisotopic (exact) mass is 408 g/mol. The first-order chi connectivity index (χ1) is 14.0. The Hall–Kier alpha value is -3.06. The highest BCUT2D eigenvalue weighted by Crippen LogP contribution is 2.31. The molecule has 1 aromatic heterocycles. The van der Waals surface area contributed by atoms with Gasteiger partial charge in [0.2, 0.25) is 0 Å². The molecule has 6 nitrogen and oxygen atoms in total. The van der Waals surface area contributed by atoms with Crippen LogP contribution in [0.25, 0.3) is 5.69 Å². The van der Waals surface area contributed by atoms with Gasteiger partial charge in [0.15, 0.2) is 22.3 Å². The number of rotatable bonds is 5. The first-order valence-corrected chi connectivity index (χ1v) is 10.2. The molecule has 0 amide bonds. The summed E-state index contributed by atoms with van der Waals surface area (Å²) < 4.78 is 12.6. The maximum atomic E-state index is 12.9. The van der Waals surface area contributed by atoms with Crippen molar-refractivity contribution < 1.29 is 14.3 Å². The minimum absolute atomic E-state index is 0.0246. The number of ether oxygens (including phenoxy) is 2. The molecule has 29 heavy (non-hydrogen) atoms. The molecule has 1 aliphatic heterocycles. The second-order valence-corrected chi connectivity index (χ2v) is 7.73. The van der Waals surface area contributed by atoms with E-state index in [4.69, 9.17) is 9.47 Å². The summed E-state index contributed by atoms with van der Waals surface area (Å²) in [5.41, 5.74) is 3.10. The van der Waals surface area contributed by atoms with Crippen molar-refractivity contribution in [2.24, 2.45) is 0 Å². The molecule has 7 heteroatoms. The van der Waals surface area contributed by atoms with E-state index >= 15 is 0 Å². The molecule has 0 atom stereocenters. The van der Waals surface area contributed by atoms with Crippen molar-refractivity contribution in [3.63, 3.8) is 0 Å². The lowest BCUT2D eigenvalue weighted by molar-refractivity contribution is 0.102. The number of hydrogen-bond donors (Lipinski definition) is 0. The molecule has 0 unspecified atom stereocenters. The molecule has 0 radical (unpaired) electrons. The van der Waals surface area contributed by atoms with Gasteiger partial charge in [-0.25, -0.2) is 4.98 Å². The molecule has 0 spiro atoms. The summed E-state index contributed by atoms with van der Waals surface area (Å²) in [6.45, 7) is 4.89. The van der Waals surface area contributed by atoms with Crippen LogP contribution >= 0.6 is 11.8 Å². The maximum absolute atomic E-state index is 12.9. The van der Waals surface area contributed by atoms with Crippen molar-refractivity contribution in [2.75, 3.05) is 19.0 Å².